The second-order valence-electron chi connectivity index (χ2n) is 7.65. The van der Waals surface area contributed by atoms with Crippen molar-refractivity contribution in [1.82, 2.24) is 0 Å². The molecule has 0 aliphatic carbocycles. The summed E-state index contributed by atoms with van der Waals surface area (Å²) >= 11 is 36.7. The number of halogens is 6. The Kier molecular flexibility index (Phi) is 9.61. The third kappa shape index (κ3) is 6.76. The van der Waals surface area contributed by atoms with Crippen LogP contribution in [0.15, 0.2) is 48.5 Å². The van der Waals surface area contributed by atoms with Crippen molar-refractivity contribution in [2.24, 2.45) is 5.92 Å². The molecule has 0 radical (unpaired) electrons. The molecule has 3 rings (SSSR count). The first-order valence-corrected chi connectivity index (χ1v) is 12.6. The van der Waals surface area contributed by atoms with Crippen molar-refractivity contribution >= 4 is 81.5 Å². The molecule has 0 spiro atoms. The standard InChI is InChI=1S/C25H18Cl6O4/c1-3-16(13-6-4-5-12(2)7-13)21(24(32)34-22-17(28)8-14(26)9-18(22)29)25(33)35-23-19(30)10-15(27)11-20(23)31/h4-11,16,21H,3H2,1-2H3. The molecule has 3 aromatic rings. The van der Waals surface area contributed by atoms with E-state index in [4.69, 9.17) is 79.1 Å². The molecular weight excluding hydrogens is 577 g/mol. The van der Waals surface area contributed by atoms with Gasteiger partial charge >= 0.3 is 11.9 Å². The maximum absolute atomic E-state index is 13.5. The fourth-order valence-corrected chi connectivity index (χ4v) is 5.36. The predicted molar refractivity (Wildman–Crippen MR) is 142 cm³/mol. The molecule has 1 unspecified atom stereocenters. The van der Waals surface area contributed by atoms with Gasteiger partial charge in [0, 0.05) is 16.0 Å². The van der Waals surface area contributed by atoms with Gasteiger partial charge in [-0.2, -0.15) is 0 Å². The molecule has 184 valence electrons. The van der Waals surface area contributed by atoms with Gasteiger partial charge in [0.05, 0.1) is 20.1 Å². The summed E-state index contributed by atoms with van der Waals surface area (Å²) in [5, 5.41) is 0.555. The molecule has 0 N–H and O–H groups in total. The van der Waals surface area contributed by atoms with Crippen LogP contribution in [0.5, 0.6) is 11.5 Å². The van der Waals surface area contributed by atoms with Gasteiger partial charge in [-0.25, -0.2) is 0 Å². The molecule has 10 heteroatoms. The van der Waals surface area contributed by atoms with Crippen LogP contribution in [0.3, 0.4) is 0 Å². The van der Waals surface area contributed by atoms with E-state index in [0.717, 1.165) is 11.1 Å². The third-order valence-electron chi connectivity index (χ3n) is 5.15. The number of hydrogen-bond donors (Lipinski definition) is 0. The molecule has 35 heavy (non-hydrogen) atoms. The van der Waals surface area contributed by atoms with Gasteiger partial charge < -0.3 is 9.47 Å². The zero-order valence-electron chi connectivity index (χ0n) is 18.4. The zero-order chi connectivity index (χ0) is 25.9. The summed E-state index contributed by atoms with van der Waals surface area (Å²) in [7, 11) is 0. The first-order valence-electron chi connectivity index (χ1n) is 10.3. The van der Waals surface area contributed by atoms with Crippen molar-refractivity contribution in [2.45, 2.75) is 26.2 Å². The van der Waals surface area contributed by atoms with Crippen LogP contribution in [0.4, 0.5) is 0 Å². The van der Waals surface area contributed by atoms with Crippen molar-refractivity contribution in [3.05, 3.63) is 89.8 Å². The SMILES string of the molecule is CCC(c1cccc(C)c1)C(C(=O)Oc1c(Cl)cc(Cl)cc1Cl)C(=O)Oc1c(Cl)cc(Cl)cc1Cl. The van der Waals surface area contributed by atoms with Crippen molar-refractivity contribution in [3.8, 4) is 11.5 Å². The second-order valence-corrected chi connectivity index (χ2v) is 10.1. The highest BCUT2D eigenvalue weighted by atomic mass is 35.5. The van der Waals surface area contributed by atoms with E-state index in [9.17, 15) is 9.59 Å². The number of carbonyl (C=O) groups excluding carboxylic acids is 2. The maximum atomic E-state index is 13.5. The number of carbonyl (C=O) groups is 2. The summed E-state index contributed by atoms with van der Waals surface area (Å²) in [6.45, 7) is 3.74. The van der Waals surface area contributed by atoms with E-state index in [1.165, 1.54) is 24.3 Å². The Balaban J connectivity index is 2.04. The molecule has 0 aromatic heterocycles. The lowest BCUT2D eigenvalue weighted by molar-refractivity contribution is -0.152. The average Bonchev–Trinajstić information content (AvgIpc) is 2.76. The van der Waals surface area contributed by atoms with Crippen molar-refractivity contribution in [3.63, 3.8) is 0 Å². The van der Waals surface area contributed by atoms with Crippen molar-refractivity contribution < 1.29 is 19.1 Å². The highest BCUT2D eigenvalue weighted by molar-refractivity contribution is 6.41. The summed E-state index contributed by atoms with van der Waals surface area (Å²) in [4.78, 5) is 26.9. The van der Waals surface area contributed by atoms with E-state index in [1.807, 2.05) is 38.1 Å². The summed E-state index contributed by atoms with van der Waals surface area (Å²) in [5.41, 5.74) is 1.70. The summed E-state index contributed by atoms with van der Waals surface area (Å²) in [6, 6.07) is 12.9. The number of esters is 2. The molecule has 0 aliphatic rings. The largest absolute Gasteiger partial charge is 0.423 e. The van der Waals surface area contributed by atoms with Crippen molar-refractivity contribution in [2.75, 3.05) is 0 Å². The molecule has 1 atom stereocenters. The summed E-state index contributed by atoms with van der Waals surface area (Å²) in [5.74, 6) is -4.10. The fourth-order valence-electron chi connectivity index (χ4n) is 3.57. The molecule has 0 aliphatic heterocycles. The summed E-state index contributed by atoms with van der Waals surface area (Å²) < 4.78 is 11.0. The lowest BCUT2D eigenvalue weighted by Gasteiger charge is -2.25. The van der Waals surface area contributed by atoms with Gasteiger partial charge in [0.15, 0.2) is 17.4 Å². The third-order valence-corrected chi connectivity index (χ3v) is 6.71. The quantitative estimate of drug-likeness (QED) is 0.155. The number of aryl methyl sites for hydroxylation is 1. The highest BCUT2D eigenvalue weighted by Crippen LogP contribution is 2.40. The molecule has 4 nitrogen and oxygen atoms in total. The van der Waals surface area contributed by atoms with Crippen LogP contribution in [-0.4, -0.2) is 11.9 Å². The number of hydrogen-bond acceptors (Lipinski definition) is 4. The van der Waals surface area contributed by atoms with Crippen LogP contribution in [0.25, 0.3) is 0 Å². The Morgan fingerprint density at radius 2 is 1.17 bits per heavy atom. The zero-order valence-corrected chi connectivity index (χ0v) is 22.9. The van der Waals surface area contributed by atoms with Gasteiger partial charge in [-0.1, -0.05) is 106 Å². The number of rotatable bonds is 7. The molecule has 0 fully saturated rings. The van der Waals surface area contributed by atoms with Crippen LogP contribution in [0, 0.1) is 12.8 Å². The van der Waals surface area contributed by atoms with Gasteiger partial charge in [0.25, 0.3) is 0 Å². The van der Waals surface area contributed by atoms with E-state index in [2.05, 4.69) is 0 Å². The molecule has 0 saturated carbocycles. The number of ether oxygens (including phenoxy) is 2. The molecular formula is C25H18Cl6O4. The van der Waals surface area contributed by atoms with Gasteiger partial charge in [0.1, 0.15) is 0 Å². The minimum Gasteiger partial charge on any atom is -0.423 e. The predicted octanol–water partition coefficient (Wildman–Crippen LogP) is 9.24. The lowest BCUT2D eigenvalue weighted by atomic mass is 9.83. The van der Waals surface area contributed by atoms with Crippen LogP contribution in [-0.2, 0) is 9.59 Å². The Labute approximate surface area is 232 Å². The molecule has 0 saturated heterocycles. The van der Waals surface area contributed by atoms with E-state index in [-0.39, 0.29) is 41.6 Å². The second kappa shape index (κ2) is 12.1. The molecule has 0 heterocycles. The number of benzene rings is 3. The van der Waals surface area contributed by atoms with Crippen molar-refractivity contribution in [1.29, 1.82) is 0 Å². The van der Waals surface area contributed by atoms with Gasteiger partial charge in [-0.15, -0.1) is 0 Å². The van der Waals surface area contributed by atoms with Gasteiger partial charge in [0.2, 0.25) is 0 Å². The van der Waals surface area contributed by atoms with E-state index in [1.54, 1.807) is 0 Å². The Bertz CT molecular complexity index is 1160. The fraction of sp³-hybridized carbons (Fsp3) is 0.200. The first kappa shape index (κ1) is 27.9. The Morgan fingerprint density at radius 3 is 1.54 bits per heavy atom. The monoisotopic (exact) mass is 592 g/mol. The molecule has 0 amide bonds. The van der Waals surface area contributed by atoms with E-state index < -0.39 is 23.8 Å². The lowest BCUT2D eigenvalue weighted by Crippen LogP contribution is -2.36. The van der Waals surface area contributed by atoms with Crippen LogP contribution >= 0.6 is 69.6 Å². The average molecular weight is 595 g/mol. The van der Waals surface area contributed by atoms with Crippen LogP contribution < -0.4 is 9.47 Å². The van der Waals surface area contributed by atoms with E-state index >= 15 is 0 Å². The smallest absolute Gasteiger partial charge is 0.326 e. The normalized spacial score (nSPS) is 11.9. The van der Waals surface area contributed by atoms with Gasteiger partial charge in [-0.05, 0) is 43.2 Å². The Hall–Kier alpha value is -1.66. The molecule has 3 aromatic carbocycles. The van der Waals surface area contributed by atoms with E-state index in [0.29, 0.717) is 6.42 Å². The highest BCUT2D eigenvalue weighted by Gasteiger charge is 2.39. The maximum Gasteiger partial charge on any atom is 0.326 e. The Morgan fingerprint density at radius 1 is 0.743 bits per heavy atom. The first-order chi connectivity index (χ1) is 16.5. The minimum atomic E-state index is -1.41. The van der Waals surface area contributed by atoms with Gasteiger partial charge in [-0.3, -0.25) is 9.59 Å². The molecule has 0 bridgehead atoms. The van der Waals surface area contributed by atoms with Crippen LogP contribution in [0.2, 0.25) is 30.1 Å². The van der Waals surface area contributed by atoms with Crippen LogP contribution in [0.1, 0.15) is 30.4 Å². The minimum absolute atomic E-state index is 0.00959. The summed E-state index contributed by atoms with van der Waals surface area (Å²) in [6.07, 6.45) is 0.405. The topological polar surface area (TPSA) is 52.6 Å².